The van der Waals surface area contributed by atoms with Gasteiger partial charge in [-0.2, -0.15) is 0 Å². The third kappa shape index (κ3) is 7.54. The zero-order valence-corrected chi connectivity index (χ0v) is 8.44. The molecule has 0 saturated heterocycles. The molecule has 0 saturated carbocycles. The summed E-state index contributed by atoms with van der Waals surface area (Å²) in [5.74, 6) is 0.0572. The average molecular weight is 173 g/mol. The van der Waals surface area contributed by atoms with Crippen molar-refractivity contribution in [1.29, 1.82) is 0 Å². The molecule has 1 amide bonds. The topological polar surface area (TPSA) is 38.3 Å². The monoisotopic (exact) mass is 173 g/mol. The van der Waals surface area contributed by atoms with E-state index in [1.165, 1.54) is 0 Å². The summed E-state index contributed by atoms with van der Waals surface area (Å²) >= 11 is 0. The van der Waals surface area contributed by atoms with Gasteiger partial charge in [0, 0.05) is 13.0 Å². The van der Waals surface area contributed by atoms with E-state index in [2.05, 4.69) is 5.32 Å². The number of carbonyl (C=O) groups excluding carboxylic acids is 1. The van der Waals surface area contributed by atoms with Crippen LogP contribution in [0.3, 0.4) is 0 Å². The summed E-state index contributed by atoms with van der Waals surface area (Å²) in [6.07, 6.45) is 0.450. The Balaban J connectivity index is 3.37. The van der Waals surface area contributed by atoms with Gasteiger partial charge in [0.2, 0.25) is 5.91 Å². The maximum absolute atomic E-state index is 10.9. The largest absolute Gasteiger partial charge is 0.375 e. The lowest BCUT2D eigenvalue weighted by atomic mass is 10.2. The smallest absolute Gasteiger partial charge is 0.222 e. The molecule has 3 nitrogen and oxygen atoms in total. The Morgan fingerprint density at radius 1 is 1.42 bits per heavy atom. The SMILES string of the molecule is CCNC(=O)CCOC(C)(C)C. The zero-order valence-electron chi connectivity index (χ0n) is 8.44. The van der Waals surface area contributed by atoms with Gasteiger partial charge >= 0.3 is 0 Å². The van der Waals surface area contributed by atoms with E-state index >= 15 is 0 Å². The first-order chi connectivity index (χ1) is 5.45. The van der Waals surface area contributed by atoms with Crippen molar-refractivity contribution in [3.05, 3.63) is 0 Å². The Morgan fingerprint density at radius 3 is 2.42 bits per heavy atom. The molecule has 3 heteroatoms. The minimum absolute atomic E-state index is 0.0572. The molecule has 0 spiro atoms. The highest BCUT2D eigenvalue weighted by atomic mass is 16.5. The van der Waals surface area contributed by atoms with Crippen LogP contribution in [0.4, 0.5) is 0 Å². The predicted molar refractivity (Wildman–Crippen MR) is 49.0 cm³/mol. The number of hydrogen-bond donors (Lipinski definition) is 1. The third-order valence-corrected chi connectivity index (χ3v) is 1.24. The highest BCUT2D eigenvalue weighted by Crippen LogP contribution is 2.06. The maximum Gasteiger partial charge on any atom is 0.222 e. The summed E-state index contributed by atoms with van der Waals surface area (Å²) in [4.78, 5) is 10.9. The van der Waals surface area contributed by atoms with E-state index in [0.29, 0.717) is 19.6 Å². The van der Waals surface area contributed by atoms with Crippen LogP contribution in [-0.4, -0.2) is 24.7 Å². The van der Waals surface area contributed by atoms with Gasteiger partial charge in [0.15, 0.2) is 0 Å². The first-order valence-corrected chi connectivity index (χ1v) is 4.36. The Morgan fingerprint density at radius 2 is 2.00 bits per heavy atom. The van der Waals surface area contributed by atoms with Crippen molar-refractivity contribution < 1.29 is 9.53 Å². The number of nitrogens with one attached hydrogen (secondary N) is 1. The lowest BCUT2D eigenvalue weighted by Gasteiger charge is -2.18. The van der Waals surface area contributed by atoms with Gasteiger partial charge in [0.25, 0.3) is 0 Å². The molecule has 0 fully saturated rings. The molecule has 0 bridgehead atoms. The molecule has 12 heavy (non-hydrogen) atoms. The van der Waals surface area contributed by atoms with Gasteiger partial charge in [-0.05, 0) is 27.7 Å². The molecular weight excluding hydrogens is 154 g/mol. The normalized spacial score (nSPS) is 11.3. The van der Waals surface area contributed by atoms with Crippen LogP contribution < -0.4 is 5.32 Å². The minimum Gasteiger partial charge on any atom is -0.375 e. The molecule has 0 aliphatic carbocycles. The summed E-state index contributed by atoms with van der Waals surface area (Å²) in [6.45, 7) is 9.02. The molecule has 0 aromatic heterocycles. The average Bonchev–Trinajstić information content (AvgIpc) is 1.84. The van der Waals surface area contributed by atoms with Crippen LogP contribution in [0.15, 0.2) is 0 Å². The van der Waals surface area contributed by atoms with Gasteiger partial charge in [0.05, 0.1) is 12.2 Å². The summed E-state index contributed by atoms with van der Waals surface area (Å²) in [7, 11) is 0. The minimum atomic E-state index is -0.146. The number of hydrogen-bond acceptors (Lipinski definition) is 2. The first-order valence-electron chi connectivity index (χ1n) is 4.36. The lowest BCUT2D eigenvalue weighted by molar-refractivity contribution is -0.123. The van der Waals surface area contributed by atoms with Crippen LogP contribution in [0.25, 0.3) is 0 Å². The highest BCUT2D eigenvalue weighted by molar-refractivity contribution is 5.75. The van der Waals surface area contributed by atoms with Gasteiger partial charge < -0.3 is 10.1 Å². The zero-order chi connectivity index (χ0) is 9.61. The summed E-state index contributed by atoms with van der Waals surface area (Å²) in [6, 6.07) is 0. The second-order valence-electron chi connectivity index (χ2n) is 3.66. The number of amides is 1. The van der Waals surface area contributed by atoms with Gasteiger partial charge in [0.1, 0.15) is 0 Å². The lowest BCUT2D eigenvalue weighted by Crippen LogP contribution is -2.26. The van der Waals surface area contributed by atoms with Gasteiger partial charge in [-0.1, -0.05) is 0 Å². The van der Waals surface area contributed by atoms with E-state index in [1.807, 2.05) is 27.7 Å². The Labute approximate surface area is 74.5 Å². The second kappa shape index (κ2) is 5.14. The number of ether oxygens (including phenoxy) is 1. The quantitative estimate of drug-likeness (QED) is 0.696. The second-order valence-corrected chi connectivity index (χ2v) is 3.66. The van der Waals surface area contributed by atoms with Crippen LogP contribution in [0.2, 0.25) is 0 Å². The molecule has 0 aromatic carbocycles. The summed E-state index contributed by atoms with van der Waals surface area (Å²) < 4.78 is 5.39. The Bertz CT molecular complexity index is 138. The molecule has 0 aliphatic heterocycles. The molecule has 0 aliphatic rings. The molecule has 0 rings (SSSR count). The Kier molecular flexibility index (Phi) is 4.90. The van der Waals surface area contributed by atoms with Crippen molar-refractivity contribution in [3.8, 4) is 0 Å². The fraction of sp³-hybridized carbons (Fsp3) is 0.889. The fourth-order valence-corrected chi connectivity index (χ4v) is 0.735. The summed E-state index contributed by atoms with van der Waals surface area (Å²) in [5, 5.41) is 2.71. The molecule has 72 valence electrons. The molecular formula is C9H19NO2. The van der Waals surface area contributed by atoms with Crippen molar-refractivity contribution in [2.45, 2.75) is 39.7 Å². The predicted octanol–water partition coefficient (Wildman–Crippen LogP) is 1.33. The van der Waals surface area contributed by atoms with Gasteiger partial charge in [-0.25, -0.2) is 0 Å². The van der Waals surface area contributed by atoms with Crippen molar-refractivity contribution >= 4 is 5.91 Å². The van der Waals surface area contributed by atoms with Crippen LogP contribution in [0.5, 0.6) is 0 Å². The molecule has 0 atom stereocenters. The Hall–Kier alpha value is -0.570. The standard InChI is InChI=1S/C9H19NO2/c1-5-10-8(11)6-7-12-9(2,3)4/h5-7H2,1-4H3,(H,10,11). The number of carbonyl (C=O) groups is 1. The van der Waals surface area contributed by atoms with E-state index in [4.69, 9.17) is 4.74 Å². The molecule has 0 heterocycles. The van der Waals surface area contributed by atoms with Gasteiger partial charge in [-0.15, -0.1) is 0 Å². The number of rotatable bonds is 4. The van der Waals surface area contributed by atoms with Crippen molar-refractivity contribution in [1.82, 2.24) is 5.32 Å². The molecule has 0 unspecified atom stereocenters. The van der Waals surface area contributed by atoms with E-state index in [0.717, 1.165) is 0 Å². The van der Waals surface area contributed by atoms with E-state index in [-0.39, 0.29) is 11.5 Å². The maximum atomic E-state index is 10.9. The van der Waals surface area contributed by atoms with Gasteiger partial charge in [-0.3, -0.25) is 4.79 Å². The summed E-state index contributed by atoms with van der Waals surface area (Å²) in [5.41, 5.74) is -0.146. The molecule has 0 radical (unpaired) electrons. The van der Waals surface area contributed by atoms with E-state index in [1.54, 1.807) is 0 Å². The third-order valence-electron chi connectivity index (χ3n) is 1.24. The fourth-order valence-electron chi connectivity index (χ4n) is 0.735. The van der Waals surface area contributed by atoms with Crippen molar-refractivity contribution in [2.75, 3.05) is 13.2 Å². The van der Waals surface area contributed by atoms with Crippen LogP contribution in [0, 0.1) is 0 Å². The van der Waals surface area contributed by atoms with E-state index < -0.39 is 0 Å². The molecule has 0 aromatic rings. The molecule has 1 N–H and O–H groups in total. The van der Waals surface area contributed by atoms with E-state index in [9.17, 15) is 4.79 Å². The van der Waals surface area contributed by atoms with Crippen LogP contribution in [0.1, 0.15) is 34.1 Å². The van der Waals surface area contributed by atoms with Crippen molar-refractivity contribution in [3.63, 3.8) is 0 Å². The van der Waals surface area contributed by atoms with Crippen LogP contribution in [-0.2, 0) is 9.53 Å². The first kappa shape index (κ1) is 11.4. The van der Waals surface area contributed by atoms with Crippen LogP contribution >= 0.6 is 0 Å². The highest BCUT2D eigenvalue weighted by Gasteiger charge is 2.10. The van der Waals surface area contributed by atoms with Crippen molar-refractivity contribution in [2.24, 2.45) is 0 Å².